The summed E-state index contributed by atoms with van der Waals surface area (Å²) in [6, 6.07) is 3.75. The highest BCUT2D eigenvalue weighted by atomic mass is 16.5. The normalized spacial score (nSPS) is 12.5. The van der Waals surface area contributed by atoms with E-state index >= 15 is 0 Å². The Kier molecular flexibility index (Phi) is 4.59. The number of anilines is 1. The average molecular weight is 326 g/mol. The van der Waals surface area contributed by atoms with Gasteiger partial charge in [0.1, 0.15) is 23.5 Å². The molecule has 126 valence electrons. The lowest BCUT2D eigenvalue weighted by molar-refractivity contribution is 0.234. The Bertz CT molecular complexity index is 815. The number of ether oxygens (including phenoxy) is 1. The van der Waals surface area contributed by atoms with E-state index in [9.17, 15) is 0 Å². The van der Waals surface area contributed by atoms with E-state index in [1.807, 2.05) is 26.1 Å². The Hall–Kier alpha value is -2.70. The van der Waals surface area contributed by atoms with E-state index in [1.54, 1.807) is 23.3 Å². The fraction of sp³-hybridized carbons (Fsp3) is 0.412. The summed E-state index contributed by atoms with van der Waals surface area (Å²) in [7, 11) is 1.89. The lowest BCUT2D eigenvalue weighted by Gasteiger charge is -2.16. The molecule has 0 aliphatic heterocycles. The molecular formula is C17H22N6O. The van der Waals surface area contributed by atoms with Crippen molar-refractivity contribution in [1.29, 1.82) is 0 Å². The molecule has 0 spiro atoms. The maximum absolute atomic E-state index is 5.84. The second kappa shape index (κ2) is 6.82. The van der Waals surface area contributed by atoms with Gasteiger partial charge in [0.2, 0.25) is 0 Å². The first-order valence-electron chi connectivity index (χ1n) is 8.04. The summed E-state index contributed by atoms with van der Waals surface area (Å²) in [4.78, 5) is 13.3. The second-order valence-electron chi connectivity index (χ2n) is 6.09. The maximum Gasteiger partial charge on any atom is 0.163 e. The highest BCUT2D eigenvalue weighted by molar-refractivity contribution is 5.86. The summed E-state index contributed by atoms with van der Waals surface area (Å²) >= 11 is 0. The molecule has 1 atom stereocenters. The Labute approximate surface area is 141 Å². The van der Waals surface area contributed by atoms with Crippen LogP contribution in [0.1, 0.15) is 32.5 Å². The van der Waals surface area contributed by atoms with E-state index in [1.165, 1.54) is 0 Å². The third kappa shape index (κ3) is 3.45. The molecule has 0 aliphatic rings. The van der Waals surface area contributed by atoms with E-state index in [0.717, 1.165) is 28.4 Å². The van der Waals surface area contributed by atoms with Gasteiger partial charge in [-0.05, 0) is 19.1 Å². The Balaban J connectivity index is 1.77. The van der Waals surface area contributed by atoms with Gasteiger partial charge in [-0.3, -0.25) is 9.67 Å². The smallest absolute Gasteiger partial charge is 0.163 e. The van der Waals surface area contributed by atoms with Gasteiger partial charge in [0.25, 0.3) is 0 Å². The minimum atomic E-state index is -0.0293. The fourth-order valence-corrected chi connectivity index (χ4v) is 2.36. The number of aromatic nitrogens is 5. The highest BCUT2D eigenvalue weighted by Crippen LogP contribution is 2.22. The van der Waals surface area contributed by atoms with Gasteiger partial charge >= 0.3 is 0 Å². The first-order valence-corrected chi connectivity index (χ1v) is 8.04. The summed E-state index contributed by atoms with van der Waals surface area (Å²) < 4.78 is 7.61. The topological polar surface area (TPSA) is 77.8 Å². The van der Waals surface area contributed by atoms with Crippen LogP contribution in [0.4, 0.5) is 5.82 Å². The van der Waals surface area contributed by atoms with Crippen molar-refractivity contribution in [3.05, 3.63) is 36.5 Å². The van der Waals surface area contributed by atoms with Crippen molar-refractivity contribution in [3.8, 4) is 5.75 Å². The molecule has 3 rings (SSSR count). The predicted octanol–water partition coefficient (Wildman–Crippen LogP) is 2.76. The Morgan fingerprint density at radius 1 is 1.21 bits per heavy atom. The van der Waals surface area contributed by atoms with Gasteiger partial charge in [-0.15, -0.1) is 0 Å². The molecule has 3 heterocycles. The Morgan fingerprint density at radius 2 is 2.04 bits per heavy atom. The van der Waals surface area contributed by atoms with Crippen molar-refractivity contribution in [2.75, 3.05) is 11.9 Å². The van der Waals surface area contributed by atoms with E-state index in [4.69, 9.17) is 4.74 Å². The van der Waals surface area contributed by atoms with Gasteiger partial charge in [-0.25, -0.2) is 9.97 Å². The van der Waals surface area contributed by atoms with E-state index < -0.39 is 0 Å². The SMILES string of the molecule is CC(C)c1nc(NC[C@@H](C)Oc2cccnc2)c2cnn(C)c2n1. The van der Waals surface area contributed by atoms with Crippen molar-refractivity contribution >= 4 is 16.9 Å². The van der Waals surface area contributed by atoms with Crippen LogP contribution in [0.25, 0.3) is 11.0 Å². The number of hydrogen-bond acceptors (Lipinski definition) is 6. The standard InChI is InChI=1S/C17H22N6O/c1-11(2)15-21-16(14-10-20-23(4)17(14)22-15)19-8-12(3)24-13-6-5-7-18-9-13/h5-7,9-12H,8H2,1-4H3,(H,19,21,22)/t12-/m1/s1. The van der Waals surface area contributed by atoms with Crippen molar-refractivity contribution in [2.45, 2.75) is 32.8 Å². The number of fused-ring (bicyclic) bond motifs is 1. The monoisotopic (exact) mass is 326 g/mol. The molecule has 3 aromatic heterocycles. The molecule has 0 bridgehead atoms. The van der Waals surface area contributed by atoms with Crippen molar-refractivity contribution < 1.29 is 4.74 Å². The van der Waals surface area contributed by atoms with Gasteiger partial charge in [0.15, 0.2) is 5.65 Å². The van der Waals surface area contributed by atoms with Crippen LogP contribution in [-0.4, -0.2) is 37.4 Å². The number of pyridine rings is 1. The van der Waals surface area contributed by atoms with Crippen molar-refractivity contribution in [1.82, 2.24) is 24.7 Å². The van der Waals surface area contributed by atoms with Gasteiger partial charge in [0.05, 0.1) is 24.3 Å². The van der Waals surface area contributed by atoms with Crippen LogP contribution >= 0.6 is 0 Å². The molecule has 0 saturated heterocycles. The summed E-state index contributed by atoms with van der Waals surface area (Å²) in [5.74, 6) is 2.59. The van der Waals surface area contributed by atoms with Crippen LogP contribution < -0.4 is 10.1 Å². The molecule has 1 N–H and O–H groups in total. The van der Waals surface area contributed by atoms with Gasteiger partial charge < -0.3 is 10.1 Å². The molecule has 7 nitrogen and oxygen atoms in total. The molecule has 24 heavy (non-hydrogen) atoms. The largest absolute Gasteiger partial charge is 0.487 e. The van der Waals surface area contributed by atoms with Crippen LogP contribution in [0.15, 0.2) is 30.7 Å². The van der Waals surface area contributed by atoms with Crippen molar-refractivity contribution in [2.24, 2.45) is 7.05 Å². The van der Waals surface area contributed by atoms with Gasteiger partial charge in [-0.2, -0.15) is 5.10 Å². The number of hydrogen-bond donors (Lipinski definition) is 1. The lowest BCUT2D eigenvalue weighted by Crippen LogP contribution is -2.23. The summed E-state index contributed by atoms with van der Waals surface area (Å²) in [5.41, 5.74) is 0.831. The van der Waals surface area contributed by atoms with Crippen LogP contribution in [0, 0.1) is 0 Å². The van der Waals surface area contributed by atoms with E-state index in [2.05, 4.69) is 39.2 Å². The molecule has 0 saturated carbocycles. The second-order valence-corrected chi connectivity index (χ2v) is 6.09. The average Bonchev–Trinajstić information content (AvgIpc) is 2.95. The molecule has 0 radical (unpaired) electrons. The molecule has 7 heteroatoms. The van der Waals surface area contributed by atoms with Crippen LogP contribution in [-0.2, 0) is 7.05 Å². The number of nitrogens with zero attached hydrogens (tertiary/aromatic N) is 5. The van der Waals surface area contributed by atoms with Crippen LogP contribution in [0.5, 0.6) is 5.75 Å². The minimum absolute atomic E-state index is 0.0293. The third-order valence-electron chi connectivity index (χ3n) is 3.65. The summed E-state index contributed by atoms with van der Waals surface area (Å²) in [6.45, 7) is 6.78. The molecule has 3 aromatic rings. The summed E-state index contributed by atoms with van der Waals surface area (Å²) in [5, 5.41) is 8.57. The van der Waals surface area contributed by atoms with E-state index in [-0.39, 0.29) is 12.0 Å². The summed E-state index contributed by atoms with van der Waals surface area (Å²) in [6.07, 6.45) is 5.19. The lowest BCUT2D eigenvalue weighted by atomic mass is 10.2. The quantitative estimate of drug-likeness (QED) is 0.750. The molecule has 0 aliphatic carbocycles. The molecular weight excluding hydrogens is 304 g/mol. The minimum Gasteiger partial charge on any atom is -0.487 e. The third-order valence-corrected chi connectivity index (χ3v) is 3.65. The zero-order chi connectivity index (χ0) is 17.1. The number of nitrogens with one attached hydrogen (secondary N) is 1. The molecule has 0 amide bonds. The predicted molar refractivity (Wildman–Crippen MR) is 93.2 cm³/mol. The maximum atomic E-state index is 5.84. The van der Waals surface area contributed by atoms with Crippen molar-refractivity contribution in [3.63, 3.8) is 0 Å². The Morgan fingerprint density at radius 3 is 2.75 bits per heavy atom. The van der Waals surface area contributed by atoms with Gasteiger partial charge in [-0.1, -0.05) is 13.8 Å². The highest BCUT2D eigenvalue weighted by Gasteiger charge is 2.14. The fourth-order valence-electron chi connectivity index (χ4n) is 2.36. The van der Waals surface area contributed by atoms with Crippen LogP contribution in [0.2, 0.25) is 0 Å². The molecule has 0 aromatic carbocycles. The number of aryl methyl sites for hydroxylation is 1. The van der Waals surface area contributed by atoms with E-state index in [0.29, 0.717) is 6.54 Å². The molecule has 0 unspecified atom stereocenters. The zero-order valence-corrected chi connectivity index (χ0v) is 14.4. The number of rotatable bonds is 6. The first-order chi connectivity index (χ1) is 11.5. The molecule has 0 fully saturated rings. The zero-order valence-electron chi connectivity index (χ0n) is 14.4. The first kappa shape index (κ1) is 16.2. The van der Waals surface area contributed by atoms with Gasteiger partial charge in [0, 0.05) is 19.2 Å². The van der Waals surface area contributed by atoms with Crippen LogP contribution in [0.3, 0.4) is 0 Å².